The molecule has 0 aromatic heterocycles. The lowest BCUT2D eigenvalue weighted by atomic mass is 10.2. The van der Waals surface area contributed by atoms with Crippen molar-refractivity contribution in [2.45, 2.75) is 31.1 Å². The summed E-state index contributed by atoms with van der Waals surface area (Å²) in [6, 6.07) is -1.72. The minimum Gasteiger partial charge on any atom is -0.480 e. The summed E-state index contributed by atoms with van der Waals surface area (Å²) >= 11 is 1.81. The first-order valence-electron chi connectivity index (χ1n) is 6.12. The highest BCUT2D eigenvalue weighted by atomic mass is 32.2. The van der Waals surface area contributed by atoms with Crippen LogP contribution >= 0.6 is 11.8 Å². The van der Waals surface area contributed by atoms with Crippen LogP contribution in [0.1, 0.15) is 19.8 Å². The SMILES string of the molecule is CCC1CN(C(=O)NC(CC(N)=O)C(=O)O)CCS1. The first-order chi connectivity index (χ1) is 8.93. The maximum atomic E-state index is 11.9. The van der Waals surface area contributed by atoms with E-state index in [0.29, 0.717) is 18.3 Å². The number of primary amides is 1. The van der Waals surface area contributed by atoms with Gasteiger partial charge in [-0.3, -0.25) is 4.79 Å². The Balaban J connectivity index is 2.56. The molecule has 2 atom stereocenters. The van der Waals surface area contributed by atoms with Gasteiger partial charge in [-0.15, -0.1) is 0 Å². The van der Waals surface area contributed by atoms with Crippen LogP contribution in [0.25, 0.3) is 0 Å². The maximum Gasteiger partial charge on any atom is 0.326 e. The van der Waals surface area contributed by atoms with Crippen molar-refractivity contribution in [2.75, 3.05) is 18.8 Å². The van der Waals surface area contributed by atoms with Gasteiger partial charge in [-0.1, -0.05) is 6.92 Å². The van der Waals surface area contributed by atoms with Crippen LogP contribution in [-0.2, 0) is 9.59 Å². The van der Waals surface area contributed by atoms with Crippen molar-refractivity contribution in [2.24, 2.45) is 5.73 Å². The second-order valence-electron chi connectivity index (χ2n) is 4.36. The van der Waals surface area contributed by atoms with E-state index in [-0.39, 0.29) is 0 Å². The highest BCUT2D eigenvalue weighted by molar-refractivity contribution is 8.00. The van der Waals surface area contributed by atoms with Crippen molar-refractivity contribution in [1.82, 2.24) is 10.2 Å². The third-order valence-electron chi connectivity index (χ3n) is 2.88. The lowest BCUT2D eigenvalue weighted by molar-refractivity contribution is -0.140. The molecule has 0 spiro atoms. The summed E-state index contributed by atoms with van der Waals surface area (Å²) < 4.78 is 0. The van der Waals surface area contributed by atoms with Crippen molar-refractivity contribution in [1.29, 1.82) is 0 Å². The van der Waals surface area contributed by atoms with Crippen LogP contribution in [0.15, 0.2) is 0 Å². The summed E-state index contributed by atoms with van der Waals surface area (Å²) in [7, 11) is 0. The number of carbonyl (C=O) groups excluding carboxylic acids is 2. The van der Waals surface area contributed by atoms with E-state index in [2.05, 4.69) is 5.32 Å². The Bertz CT molecular complexity index is 364. The zero-order valence-corrected chi connectivity index (χ0v) is 11.6. The molecule has 3 amide bonds. The number of rotatable bonds is 5. The number of thioether (sulfide) groups is 1. The van der Waals surface area contributed by atoms with Gasteiger partial charge in [0.15, 0.2) is 0 Å². The molecule has 0 aliphatic carbocycles. The molecule has 8 heteroatoms. The molecule has 0 saturated carbocycles. The number of aliphatic carboxylic acids is 1. The molecule has 2 unspecified atom stereocenters. The third kappa shape index (κ3) is 4.98. The molecule has 0 aromatic carbocycles. The van der Waals surface area contributed by atoms with E-state index in [9.17, 15) is 14.4 Å². The van der Waals surface area contributed by atoms with Gasteiger partial charge in [0.2, 0.25) is 5.91 Å². The molecule has 108 valence electrons. The molecule has 1 saturated heterocycles. The van der Waals surface area contributed by atoms with Crippen molar-refractivity contribution in [3.05, 3.63) is 0 Å². The summed E-state index contributed by atoms with van der Waals surface area (Å²) in [4.78, 5) is 35.2. The molecular weight excluding hydrogens is 270 g/mol. The Morgan fingerprint density at radius 3 is 2.74 bits per heavy atom. The highest BCUT2D eigenvalue weighted by Gasteiger charge is 2.27. The van der Waals surface area contributed by atoms with E-state index >= 15 is 0 Å². The van der Waals surface area contributed by atoms with Crippen molar-refractivity contribution in [3.8, 4) is 0 Å². The third-order valence-corrected chi connectivity index (χ3v) is 4.25. The van der Waals surface area contributed by atoms with E-state index in [0.717, 1.165) is 12.2 Å². The molecule has 4 N–H and O–H groups in total. The number of amides is 3. The number of nitrogens with one attached hydrogen (secondary N) is 1. The van der Waals surface area contributed by atoms with E-state index in [4.69, 9.17) is 10.8 Å². The van der Waals surface area contributed by atoms with Gasteiger partial charge in [-0.25, -0.2) is 9.59 Å². The van der Waals surface area contributed by atoms with Crippen molar-refractivity contribution >= 4 is 29.7 Å². The van der Waals surface area contributed by atoms with E-state index in [1.807, 2.05) is 18.7 Å². The number of carbonyl (C=O) groups is 3. The van der Waals surface area contributed by atoms with Crippen LogP contribution in [-0.4, -0.2) is 58.0 Å². The summed E-state index contributed by atoms with van der Waals surface area (Å²) in [5.74, 6) is -1.18. The number of urea groups is 1. The molecular formula is C11H19N3O4S. The Morgan fingerprint density at radius 1 is 1.53 bits per heavy atom. The highest BCUT2D eigenvalue weighted by Crippen LogP contribution is 2.21. The van der Waals surface area contributed by atoms with Gasteiger partial charge in [0.25, 0.3) is 0 Å². The lowest BCUT2D eigenvalue weighted by Gasteiger charge is -2.32. The van der Waals surface area contributed by atoms with Gasteiger partial charge >= 0.3 is 12.0 Å². The molecule has 1 rings (SSSR count). The Labute approximate surface area is 115 Å². The average Bonchev–Trinajstić information content (AvgIpc) is 2.37. The molecule has 1 aliphatic heterocycles. The second-order valence-corrected chi connectivity index (χ2v) is 5.77. The van der Waals surface area contributed by atoms with Gasteiger partial charge < -0.3 is 21.1 Å². The predicted octanol–water partition coefficient (Wildman–Crippen LogP) is -0.148. The fourth-order valence-corrected chi connectivity index (χ4v) is 2.97. The first kappa shape index (κ1) is 15.6. The fourth-order valence-electron chi connectivity index (χ4n) is 1.79. The second kappa shape index (κ2) is 7.22. The smallest absolute Gasteiger partial charge is 0.326 e. The van der Waals surface area contributed by atoms with Crippen LogP contribution in [0.4, 0.5) is 4.79 Å². The minimum absolute atomic E-state index is 0.374. The van der Waals surface area contributed by atoms with E-state index in [1.165, 1.54) is 0 Å². The van der Waals surface area contributed by atoms with Crippen LogP contribution in [0.3, 0.4) is 0 Å². The van der Waals surface area contributed by atoms with Gasteiger partial charge in [0, 0.05) is 24.1 Å². The van der Waals surface area contributed by atoms with Crippen LogP contribution in [0.5, 0.6) is 0 Å². The molecule has 0 radical (unpaired) electrons. The zero-order chi connectivity index (χ0) is 14.4. The predicted molar refractivity (Wildman–Crippen MR) is 71.9 cm³/mol. The van der Waals surface area contributed by atoms with Gasteiger partial charge in [-0.2, -0.15) is 11.8 Å². The number of nitrogens with two attached hydrogens (primary N) is 1. The molecule has 1 heterocycles. The first-order valence-corrected chi connectivity index (χ1v) is 7.17. The Hall–Kier alpha value is -1.44. The standard InChI is InChI=1S/C11H19N3O4S/c1-2-7-6-14(3-4-19-7)11(18)13-8(10(16)17)5-9(12)15/h7-8H,2-6H2,1H3,(H2,12,15)(H,13,18)(H,16,17). The molecule has 1 aliphatic rings. The summed E-state index contributed by atoms with van der Waals surface area (Å²) in [5.41, 5.74) is 4.96. The number of hydrogen-bond acceptors (Lipinski definition) is 4. The molecule has 7 nitrogen and oxygen atoms in total. The van der Waals surface area contributed by atoms with Crippen molar-refractivity contribution in [3.63, 3.8) is 0 Å². The molecule has 0 bridgehead atoms. The van der Waals surface area contributed by atoms with E-state index in [1.54, 1.807) is 4.90 Å². The Morgan fingerprint density at radius 2 is 2.21 bits per heavy atom. The van der Waals surface area contributed by atoms with Crippen LogP contribution in [0.2, 0.25) is 0 Å². The fraction of sp³-hybridized carbons (Fsp3) is 0.727. The quantitative estimate of drug-likeness (QED) is 0.651. The molecule has 19 heavy (non-hydrogen) atoms. The molecule has 0 aromatic rings. The van der Waals surface area contributed by atoms with Crippen molar-refractivity contribution < 1.29 is 19.5 Å². The lowest BCUT2D eigenvalue weighted by Crippen LogP contribution is -2.52. The Kier molecular flexibility index (Phi) is 5.94. The summed E-state index contributed by atoms with van der Waals surface area (Å²) in [5, 5.41) is 11.6. The summed E-state index contributed by atoms with van der Waals surface area (Å²) in [6.45, 7) is 3.22. The van der Waals surface area contributed by atoms with Crippen LogP contribution in [0, 0.1) is 0 Å². The average molecular weight is 289 g/mol. The number of nitrogens with zero attached hydrogens (tertiary/aromatic N) is 1. The monoisotopic (exact) mass is 289 g/mol. The van der Waals surface area contributed by atoms with Gasteiger partial charge in [0.1, 0.15) is 6.04 Å². The van der Waals surface area contributed by atoms with Gasteiger partial charge in [-0.05, 0) is 6.42 Å². The number of carboxylic acids is 1. The van der Waals surface area contributed by atoms with E-state index < -0.39 is 30.4 Å². The number of carboxylic acid groups (broad SMARTS) is 1. The zero-order valence-electron chi connectivity index (χ0n) is 10.8. The molecule has 1 fully saturated rings. The summed E-state index contributed by atoms with van der Waals surface area (Å²) in [6.07, 6.45) is 0.555. The number of hydrogen-bond donors (Lipinski definition) is 3. The van der Waals surface area contributed by atoms with Gasteiger partial charge in [0.05, 0.1) is 6.42 Å². The normalized spacial score (nSPS) is 20.7. The minimum atomic E-state index is -1.26. The maximum absolute atomic E-state index is 11.9. The van der Waals surface area contributed by atoms with Crippen LogP contribution < -0.4 is 11.1 Å². The topological polar surface area (TPSA) is 113 Å². The largest absolute Gasteiger partial charge is 0.480 e.